The van der Waals surface area contributed by atoms with Crippen LogP contribution in [0.3, 0.4) is 0 Å². The van der Waals surface area contributed by atoms with Crippen LogP contribution in [0.15, 0.2) is 12.1 Å². The average molecular weight is 348 g/mol. The monoisotopic (exact) mass is 347 g/mol. The fourth-order valence-electron chi connectivity index (χ4n) is 2.11. The van der Waals surface area contributed by atoms with Crippen molar-refractivity contribution in [3.05, 3.63) is 17.7 Å². The zero-order chi connectivity index (χ0) is 21.2. The van der Waals surface area contributed by atoms with Crippen LogP contribution in [0.4, 0.5) is 0 Å². The Morgan fingerprint density at radius 1 is 1.05 bits per heavy atom. The molecule has 1 fully saturated rings. The zero-order valence-electron chi connectivity index (χ0n) is 20.2. The molecular weight excluding hydrogens is 315 g/mol. The molecule has 0 atom stereocenters. The summed E-state index contributed by atoms with van der Waals surface area (Å²) in [5.41, 5.74) is 0.343. The molecule has 1 aliphatic rings. The normalized spacial score (nSPS) is 22.8. The molecule has 21 heavy (non-hydrogen) atoms. The minimum absolute atomic E-state index is 0. The highest BCUT2D eigenvalue weighted by Crippen LogP contribution is 2.40. The molecule has 0 bridgehead atoms. The number of hydrogen-bond acceptors (Lipinski definition) is 5. The van der Waals surface area contributed by atoms with Crippen LogP contribution in [-0.4, -0.2) is 52.2 Å². The van der Waals surface area contributed by atoms with E-state index in [-0.39, 0.29) is 37.1 Å². The van der Waals surface area contributed by atoms with Crippen LogP contribution in [0.25, 0.3) is 0 Å². The molecule has 0 unspecified atom stereocenters. The van der Waals surface area contributed by atoms with E-state index in [0.29, 0.717) is 18.7 Å². The molecule has 0 amide bonds. The van der Waals surface area contributed by atoms with Crippen LogP contribution >= 0.6 is 24.8 Å². The fourth-order valence-corrected chi connectivity index (χ4v) is 2.11. The predicted octanol–water partition coefficient (Wildman–Crippen LogP) is 1.96. The predicted molar refractivity (Wildman–Crippen MR) is 88.7 cm³/mol. The molecule has 1 aromatic rings. The number of halogens is 2. The lowest BCUT2D eigenvalue weighted by molar-refractivity contribution is 0.228. The lowest BCUT2D eigenvalue weighted by Gasteiger charge is -2.28. The summed E-state index contributed by atoms with van der Waals surface area (Å²) in [6, 6.07) is 2.67. The summed E-state index contributed by atoms with van der Waals surface area (Å²) in [5, 5.41) is 3.19. The van der Waals surface area contributed by atoms with Gasteiger partial charge in [0.1, 0.15) is 0 Å². The second kappa shape index (κ2) is 9.95. The summed E-state index contributed by atoms with van der Waals surface area (Å²) in [6.45, 7) is 3.13. The number of nitrogens with zero attached hydrogens (tertiary/aromatic N) is 1. The Balaban J connectivity index is 0.00000420. The van der Waals surface area contributed by atoms with E-state index in [2.05, 4.69) is 5.32 Å². The molecule has 0 aromatic heterocycles. The van der Waals surface area contributed by atoms with Gasteiger partial charge in [-0.3, -0.25) is 4.90 Å². The Kier molecular flexibility index (Phi) is 4.41. The van der Waals surface area contributed by atoms with Crippen molar-refractivity contribution < 1.29 is 26.5 Å². The molecule has 122 valence electrons. The van der Waals surface area contributed by atoms with Gasteiger partial charge in [0, 0.05) is 38.3 Å². The van der Waals surface area contributed by atoms with Gasteiger partial charge >= 0.3 is 0 Å². The molecule has 2 rings (SSSR count). The van der Waals surface area contributed by atoms with Crippen LogP contribution in [0, 0.1) is 0 Å². The molecule has 0 radical (unpaired) electrons. The number of ether oxygens (including phenoxy) is 3. The molecule has 1 aromatic carbocycles. The van der Waals surface area contributed by atoms with Gasteiger partial charge in [0.05, 0.1) is 33.5 Å². The third-order valence-electron chi connectivity index (χ3n) is 3.08. The van der Waals surface area contributed by atoms with Crippen LogP contribution in [0.2, 0.25) is 0 Å². The molecular formula is C14H24Cl2N2O3. The minimum Gasteiger partial charge on any atom is -0.493 e. The van der Waals surface area contributed by atoms with Gasteiger partial charge in [-0.2, -0.15) is 0 Å². The topological polar surface area (TPSA) is 43.0 Å². The molecule has 1 saturated heterocycles. The highest BCUT2D eigenvalue weighted by atomic mass is 35.5. The maximum Gasteiger partial charge on any atom is 0.203 e. The fraction of sp³-hybridized carbons (Fsp3) is 0.571. The van der Waals surface area contributed by atoms with Crippen molar-refractivity contribution in [2.75, 3.05) is 47.3 Å². The quantitative estimate of drug-likeness (QED) is 0.881. The molecule has 1 aliphatic heterocycles. The van der Waals surface area contributed by atoms with E-state index in [9.17, 15) is 0 Å². The van der Waals surface area contributed by atoms with Crippen LogP contribution in [-0.2, 0) is 6.54 Å². The summed E-state index contributed by atoms with van der Waals surface area (Å²) in [4.78, 5) is 2.02. The van der Waals surface area contributed by atoms with E-state index in [1.54, 1.807) is 0 Å². The largest absolute Gasteiger partial charge is 0.493 e. The lowest BCUT2D eigenvalue weighted by atomic mass is 10.1. The molecule has 0 saturated carbocycles. The van der Waals surface area contributed by atoms with E-state index < -0.39 is 32.6 Å². The summed E-state index contributed by atoms with van der Waals surface area (Å²) in [7, 11) is -8.79. The third kappa shape index (κ3) is 4.81. The molecule has 0 spiro atoms. The molecule has 1 heterocycles. The van der Waals surface area contributed by atoms with Crippen LogP contribution in [0.1, 0.15) is 17.9 Å². The smallest absolute Gasteiger partial charge is 0.203 e. The first-order chi connectivity index (χ1) is 12.7. The van der Waals surface area contributed by atoms with Crippen LogP contribution < -0.4 is 19.5 Å². The van der Waals surface area contributed by atoms with Crippen molar-refractivity contribution in [1.82, 2.24) is 10.2 Å². The highest BCUT2D eigenvalue weighted by molar-refractivity contribution is 5.85. The van der Waals surface area contributed by atoms with Crippen molar-refractivity contribution in [3.63, 3.8) is 0 Å². The Morgan fingerprint density at radius 2 is 1.71 bits per heavy atom. The second-order valence-corrected chi connectivity index (χ2v) is 4.21. The maximum atomic E-state index is 7.40. The van der Waals surface area contributed by atoms with Gasteiger partial charge in [-0.15, -0.1) is 24.8 Å². The number of piperazine rings is 1. The Morgan fingerprint density at radius 3 is 2.38 bits per heavy atom. The number of nitrogens with one attached hydrogen (secondary N) is 1. The van der Waals surface area contributed by atoms with Crippen molar-refractivity contribution in [2.24, 2.45) is 0 Å². The summed E-state index contributed by atoms with van der Waals surface area (Å²) in [5.74, 6) is -1.41. The average Bonchev–Trinajstić information content (AvgIpc) is 2.50. The number of methoxy groups -OCH3 is 3. The molecule has 1 N–H and O–H groups in total. The van der Waals surface area contributed by atoms with Crippen molar-refractivity contribution >= 4 is 24.8 Å². The van der Waals surface area contributed by atoms with Crippen molar-refractivity contribution in [3.8, 4) is 17.2 Å². The second-order valence-electron chi connectivity index (χ2n) is 4.21. The number of hydrogen-bond donors (Lipinski definition) is 1. The zero-order valence-corrected chi connectivity index (χ0v) is 12.8. The summed E-state index contributed by atoms with van der Waals surface area (Å²) < 4.78 is 80.8. The first-order valence-electron chi connectivity index (χ1n) is 10.4. The lowest BCUT2D eigenvalue weighted by Crippen LogP contribution is -2.42. The Labute approximate surface area is 151 Å². The van der Waals surface area contributed by atoms with Gasteiger partial charge in [-0.05, 0) is 6.07 Å². The van der Waals surface area contributed by atoms with E-state index in [0.717, 1.165) is 13.1 Å². The number of rotatable bonds is 5. The Hall–Kier alpha value is -0.880. The van der Waals surface area contributed by atoms with Crippen molar-refractivity contribution in [2.45, 2.75) is 6.54 Å². The van der Waals surface area contributed by atoms with Gasteiger partial charge in [-0.1, -0.05) is 6.07 Å². The summed E-state index contributed by atoms with van der Waals surface area (Å²) >= 11 is 0. The first kappa shape index (κ1) is 9.30. The first-order valence-corrected chi connectivity index (χ1v) is 5.89. The van der Waals surface area contributed by atoms with Gasteiger partial charge in [0.2, 0.25) is 5.75 Å². The van der Waals surface area contributed by atoms with E-state index in [1.807, 2.05) is 4.90 Å². The van der Waals surface area contributed by atoms with Gasteiger partial charge < -0.3 is 19.5 Å². The third-order valence-corrected chi connectivity index (χ3v) is 3.08. The van der Waals surface area contributed by atoms with Gasteiger partial charge in [0.15, 0.2) is 11.5 Å². The van der Waals surface area contributed by atoms with E-state index in [4.69, 9.17) is 26.5 Å². The summed E-state index contributed by atoms with van der Waals surface area (Å²) in [6.07, 6.45) is 0. The van der Waals surface area contributed by atoms with Crippen molar-refractivity contribution in [1.29, 1.82) is 0 Å². The van der Waals surface area contributed by atoms with E-state index >= 15 is 0 Å². The van der Waals surface area contributed by atoms with Gasteiger partial charge in [-0.25, -0.2) is 0 Å². The standard InChI is InChI=1S/C14H22N2O3.2ClH/c1-17-12-5-4-11(13(18-2)14(12)19-3)10-16-8-6-15-7-9-16;;/h4-5,15H,6-10H2,1-3H3;2*1H/i1D3,2D3,3D3;;. The van der Waals surface area contributed by atoms with E-state index in [1.165, 1.54) is 12.1 Å². The SMILES string of the molecule is Cl.Cl.[2H]C([2H])([2H])Oc1ccc(CN2CCNCC2)c(OC([2H])([2H])[2H])c1OC([2H])([2H])[2H]. The molecule has 0 aliphatic carbocycles. The molecule has 5 nitrogen and oxygen atoms in total. The molecule has 7 heteroatoms. The van der Waals surface area contributed by atoms with Crippen LogP contribution in [0.5, 0.6) is 17.2 Å². The minimum atomic E-state index is -2.98. The van der Waals surface area contributed by atoms with Gasteiger partial charge in [0.25, 0.3) is 0 Å². The Bertz CT molecular complexity index is 678. The highest BCUT2D eigenvalue weighted by Gasteiger charge is 2.18. The number of benzene rings is 1. The maximum absolute atomic E-state index is 7.40.